The van der Waals surface area contributed by atoms with Crippen LogP contribution in [0.3, 0.4) is 0 Å². The number of nitrogens with one attached hydrogen (secondary N) is 1. The van der Waals surface area contributed by atoms with Gasteiger partial charge < -0.3 is 37.2 Å². The molecule has 22 heteroatoms. The quantitative estimate of drug-likeness (QED) is 0.0269. The number of aliphatic carboxylic acids is 1. The van der Waals surface area contributed by atoms with Crippen molar-refractivity contribution in [3.05, 3.63) is 53.6 Å². The van der Waals surface area contributed by atoms with Gasteiger partial charge in [-0.2, -0.15) is 13.5 Å². The molecule has 4 rings (SSSR count). The SMILES string of the molecule is COc1ccc(C(N)=NCCCN)cc1.Nc1nc(/C(=N/OCC(=O)O)C(=O)NC2C(=O)N(S(=O)(=O)O)C2Cn2cncn2)cs1. The molecule has 248 valence electrons. The van der Waals surface area contributed by atoms with Crippen molar-refractivity contribution in [3.63, 3.8) is 0 Å². The van der Waals surface area contributed by atoms with Crippen molar-refractivity contribution in [3.8, 4) is 5.75 Å². The highest BCUT2D eigenvalue weighted by atomic mass is 32.2. The van der Waals surface area contributed by atoms with E-state index >= 15 is 0 Å². The van der Waals surface area contributed by atoms with E-state index in [1.807, 2.05) is 24.3 Å². The van der Waals surface area contributed by atoms with Crippen LogP contribution in [-0.2, 0) is 36.1 Å². The van der Waals surface area contributed by atoms with Crippen molar-refractivity contribution in [2.75, 3.05) is 32.5 Å². The number of benzene rings is 1. The zero-order valence-corrected chi connectivity index (χ0v) is 25.8. The number of aliphatic imine (C=N–C) groups is 1. The molecular formula is C24H31N11O9S2. The van der Waals surface area contributed by atoms with Crippen molar-refractivity contribution in [2.45, 2.75) is 25.0 Å². The summed E-state index contributed by atoms with van der Waals surface area (Å²) in [6, 6.07) is 4.88. The predicted octanol–water partition coefficient (Wildman–Crippen LogP) is -1.93. The molecular weight excluding hydrogens is 650 g/mol. The first-order valence-electron chi connectivity index (χ1n) is 13.1. The van der Waals surface area contributed by atoms with E-state index in [1.165, 1.54) is 22.7 Å². The molecule has 20 nitrogen and oxygen atoms in total. The van der Waals surface area contributed by atoms with Gasteiger partial charge >= 0.3 is 16.3 Å². The fraction of sp³-hybridized carbons (Fsp3) is 0.333. The summed E-state index contributed by atoms with van der Waals surface area (Å²) in [6.45, 7) is 0.236. The average molecular weight is 682 g/mol. The minimum Gasteiger partial charge on any atom is -0.497 e. The minimum atomic E-state index is -4.91. The lowest BCUT2D eigenvalue weighted by Gasteiger charge is -2.43. The maximum Gasteiger partial charge on any atom is 0.362 e. The average Bonchev–Trinajstić information content (AvgIpc) is 3.69. The minimum absolute atomic E-state index is 0.0587. The number of oxime groups is 1. The number of amides is 2. The third-order valence-corrected chi connectivity index (χ3v) is 7.52. The van der Waals surface area contributed by atoms with Crippen LogP contribution in [0.15, 0.2) is 52.4 Å². The van der Waals surface area contributed by atoms with Crippen LogP contribution in [0, 0.1) is 0 Å². The Balaban J connectivity index is 0.000000322. The number of carboxylic acids is 1. The number of anilines is 1. The van der Waals surface area contributed by atoms with Crippen molar-refractivity contribution in [1.82, 2.24) is 29.4 Å². The van der Waals surface area contributed by atoms with Gasteiger partial charge in [-0.1, -0.05) is 5.16 Å². The van der Waals surface area contributed by atoms with Crippen molar-refractivity contribution in [1.29, 1.82) is 0 Å². The molecule has 2 atom stereocenters. The summed E-state index contributed by atoms with van der Waals surface area (Å²) >= 11 is 0.964. The summed E-state index contributed by atoms with van der Waals surface area (Å²) in [7, 11) is -3.27. The number of carboxylic acid groups (broad SMARTS) is 1. The zero-order valence-electron chi connectivity index (χ0n) is 24.2. The lowest BCUT2D eigenvalue weighted by molar-refractivity contribution is -0.145. The number of nitrogen functional groups attached to an aromatic ring is 1. The lowest BCUT2D eigenvalue weighted by atomic mass is 9.98. The van der Waals surface area contributed by atoms with E-state index < -0.39 is 52.5 Å². The Morgan fingerprint density at radius 3 is 2.50 bits per heavy atom. The highest BCUT2D eigenvalue weighted by Crippen LogP contribution is 2.25. The molecule has 1 aliphatic rings. The van der Waals surface area contributed by atoms with Crippen LogP contribution < -0.4 is 27.3 Å². The highest BCUT2D eigenvalue weighted by molar-refractivity contribution is 7.84. The molecule has 2 aromatic heterocycles. The van der Waals surface area contributed by atoms with E-state index in [4.69, 9.17) is 27.0 Å². The Morgan fingerprint density at radius 2 is 1.96 bits per heavy atom. The van der Waals surface area contributed by atoms with E-state index in [0.717, 1.165) is 29.1 Å². The smallest absolute Gasteiger partial charge is 0.362 e. The van der Waals surface area contributed by atoms with Crippen molar-refractivity contribution < 1.29 is 42.0 Å². The largest absolute Gasteiger partial charge is 0.497 e. The van der Waals surface area contributed by atoms with E-state index in [1.54, 1.807) is 7.11 Å². The van der Waals surface area contributed by atoms with Crippen LogP contribution in [0.1, 0.15) is 17.7 Å². The standard InChI is InChI=1S/C13H14N8O8S2.C11H17N3O/c14-13-17-6(3-30-13)9(19-29-2-8(22)23)11(24)18-10-7(1-20-5-15-4-16-20)21(12(10)25)31(26,27)28;1-15-10-5-3-9(4-6-10)11(13)14-8-2-7-12/h3-5,7,10H,1-2H2,(H2,14,17)(H,18,24)(H,22,23)(H,26,27,28);3-6H,2,7-8,12H2,1H3,(H2,13,14)/b19-9-;. The lowest BCUT2D eigenvalue weighted by Crippen LogP contribution is -2.73. The van der Waals surface area contributed by atoms with Gasteiger partial charge in [0.15, 0.2) is 10.8 Å². The van der Waals surface area contributed by atoms with Crippen LogP contribution in [0.4, 0.5) is 5.13 Å². The number of β-lactam (4-membered cyclic amide) rings is 1. The topological polar surface area (TPSA) is 306 Å². The molecule has 3 aromatic rings. The number of ether oxygens (including phenoxy) is 1. The van der Waals surface area contributed by atoms with Gasteiger partial charge in [-0.05, 0) is 37.2 Å². The van der Waals surface area contributed by atoms with Gasteiger partial charge in [0, 0.05) is 17.5 Å². The number of aromatic nitrogens is 4. The Morgan fingerprint density at radius 1 is 1.24 bits per heavy atom. The van der Waals surface area contributed by atoms with E-state index in [9.17, 15) is 27.4 Å². The third-order valence-electron chi connectivity index (χ3n) is 5.90. The van der Waals surface area contributed by atoms with Gasteiger partial charge in [0.05, 0.1) is 19.7 Å². The number of rotatable bonds is 14. The van der Waals surface area contributed by atoms with Crippen molar-refractivity contribution in [2.24, 2.45) is 21.6 Å². The molecule has 0 bridgehead atoms. The van der Waals surface area contributed by atoms with Crippen molar-refractivity contribution >= 4 is 56.1 Å². The van der Waals surface area contributed by atoms with Gasteiger partial charge in [-0.25, -0.2) is 19.1 Å². The molecule has 0 spiro atoms. The second kappa shape index (κ2) is 16.2. The number of nitrogens with two attached hydrogens (primary N) is 3. The maximum absolute atomic E-state index is 12.7. The predicted molar refractivity (Wildman–Crippen MR) is 163 cm³/mol. The number of methoxy groups -OCH3 is 1. The van der Waals surface area contributed by atoms with Crippen LogP contribution in [-0.4, -0.2) is 110 Å². The van der Waals surface area contributed by atoms with Gasteiger partial charge in [0.2, 0.25) is 6.61 Å². The number of carbonyl (C=O) groups excluding carboxylic acids is 2. The summed E-state index contributed by atoms with van der Waals surface area (Å²) in [5.74, 6) is -2.12. The second-order valence-corrected chi connectivity index (χ2v) is 11.2. The molecule has 1 aromatic carbocycles. The van der Waals surface area contributed by atoms with Gasteiger partial charge in [-0.15, -0.1) is 11.3 Å². The van der Waals surface area contributed by atoms with Gasteiger partial charge in [0.1, 0.15) is 36.0 Å². The Kier molecular flexibility index (Phi) is 12.4. The highest BCUT2D eigenvalue weighted by Gasteiger charge is 2.54. The number of hydrogen-bond acceptors (Lipinski definition) is 15. The normalized spacial score (nSPS) is 16.6. The number of amidine groups is 1. The van der Waals surface area contributed by atoms with E-state index in [2.05, 4.69) is 35.4 Å². The summed E-state index contributed by atoms with van der Waals surface area (Å²) in [5, 5.41) is 19.6. The molecule has 1 aliphatic heterocycles. The second-order valence-electron chi connectivity index (χ2n) is 9.06. The first-order chi connectivity index (χ1) is 21.8. The molecule has 0 radical (unpaired) electrons. The van der Waals surface area contributed by atoms with Crippen LogP contribution in [0.2, 0.25) is 0 Å². The Labute approximate surface area is 265 Å². The molecule has 1 saturated heterocycles. The molecule has 0 saturated carbocycles. The number of hydrogen-bond donors (Lipinski definition) is 6. The molecule has 1 fully saturated rings. The van der Waals surface area contributed by atoms with Gasteiger partial charge in [0.25, 0.3) is 11.8 Å². The number of thiazole rings is 1. The molecule has 0 aliphatic carbocycles. The molecule has 2 unspecified atom stereocenters. The fourth-order valence-electron chi connectivity index (χ4n) is 3.77. The van der Waals surface area contributed by atoms with Crippen LogP contribution >= 0.6 is 11.3 Å². The summed E-state index contributed by atoms with van der Waals surface area (Å²) in [4.78, 5) is 52.0. The molecule has 3 heterocycles. The summed E-state index contributed by atoms with van der Waals surface area (Å²) in [5.41, 5.74) is 17.1. The fourth-order valence-corrected chi connectivity index (χ4v) is 5.19. The first kappa shape index (κ1) is 35.3. The maximum atomic E-state index is 12.7. The molecule has 46 heavy (non-hydrogen) atoms. The van der Waals surface area contributed by atoms with Crippen LogP contribution in [0.5, 0.6) is 5.75 Å². The zero-order chi connectivity index (χ0) is 33.9. The Hall–Kier alpha value is -5.19. The summed E-state index contributed by atoms with van der Waals surface area (Å²) < 4.78 is 38.8. The molecule has 2 amide bonds. The third kappa shape index (κ3) is 9.65. The monoisotopic (exact) mass is 681 g/mol. The van der Waals surface area contributed by atoms with E-state index in [0.29, 0.717) is 18.9 Å². The molecule has 9 N–H and O–H groups in total. The number of carbonyl (C=O) groups is 3. The summed E-state index contributed by atoms with van der Waals surface area (Å²) in [6.07, 6.45) is 3.27. The van der Waals surface area contributed by atoms with Gasteiger partial charge in [-0.3, -0.25) is 23.8 Å². The Bertz CT molecular complexity index is 1660. The first-order valence-corrected chi connectivity index (χ1v) is 15.3. The van der Waals surface area contributed by atoms with Crippen LogP contribution in [0.25, 0.3) is 0 Å². The number of nitrogens with zero attached hydrogens (tertiary/aromatic N) is 7. The van der Waals surface area contributed by atoms with E-state index in [-0.39, 0.29) is 21.7 Å².